The number of nitrogens with zero attached hydrogens (tertiary/aromatic N) is 2. The Labute approximate surface area is 310 Å². The van der Waals surface area contributed by atoms with Crippen LogP contribution in [0.5, 0.6) is 0 Å². The van der Waals surface area contributed by atoms with Crippen molar-refractivity contribution in [1.82, 2.24) is 9.13 Å². The molecule has 0 radical (unpaired) electrons. The molecule has 254 valence electrons. The second kappa shape index (κ2) is 11.4. The maximum Gasteiger partial charge on any atom is 0.0720 e. The third-order valence-electron chi connectivity index (χ3n) is 12.4. The fraction of sp³-hybridized carbons (Fsp3) is 0.137. The van der Waals surface area contributed by atoms with Gasteiger partial charge in [-0.3, -0.25) is 0 Å². The molecule has 0 spiro atoms. The third kappa shape index (κ3) is 4.15. The minimum atomic E-state index is -0.533. The SMILES string of the molecule is Cc1ccccc1C1(c2ccccc2C)c2cc(-n3c4c(c5c3=CC=CC5)C=CCC=4)ccc2-c2ccc(-n3c4c(c5c3=CC=CC5)C=CCC=4)cc21. The Hall–Kier alpha value is -6.12. The highest BCUT2D eigenvalue weighted by Gasteiger charge is 2.48. The molecule has 0 atom stereocenters. The smallest absolute Gasteiger partial charge is 0.0720 e. The van der Waals surface area contributed by atoms with Crippen molar-refractivity contribution in [3.8, 4) is 22.5 Å². The first kappa shape index (κ1) is 30.5. The molecule has 0 N–H and O–H groups in total. The molecule has 0 amide bonds. The molecule has 5 aliphatic rings. The van der Waals surface area contributed by atoms with Gasteiger partial charge in [0.15, 0.2) is 0 Å². The maximum atomic E-state index is 2.53. The summed E-state index contributed by atoms with van der Waals surface area (Å²) in [5.41, 5.74) is 18.1. The Kier molecular flexibility index (Phi) is 6.58. The molecule has 4 aromatic carbocycles. The van der Waals surface area contributed by atoms with Gasteiger partial charge in [0.1, 0.15) is 0 Å². The highest BCUT2D eigenvalue weighted by atomic mass is 15.0. The minimum absolute atomic E-state index is 0.533. The zero-order valence-electron chi connectivity index (χ0n) is 30.2. The summed E-state index contributed by atoms with van der Waals surface area (Å²) >= 11 is 0. The van der Waals surface area contributed by atoms with Crippen LogP contribution in [0.3, 0.4) is 0 Å². The molecule has 6 aromatic rings. The number of rotatable bonds is 4. The van der Waals surface area contributed by atoms with E-state index < -0.39 is 5.41 Å². The Bertz CT molecular complexity index is 2760. The predicted octanol–water partition coefficient (Wildman–Crippen LogP) is 8.43. The molecule has 53 heavy (non-hydrogen) atoms. The Morgan fingerprint density at radius 2 is 0.962 bits per heavy atom. The van der Waals surface area contributed by atoms with Crippen molar-refractivity contribution in [2.24, 2.45) is 0 Å². The molecule has 2 heterocycles. The highest BCUT2D eigenvalue weighted by molar-refractivity contribution is 5.89. The largest absolute Gasteiger partial charge is 0.310 e. The van der Waals surface area contributed by atoms with Crippen LogP contribution in [0.25, 0.3) is 59.0 Å². The second-order valence-electron chi connectivity index (χ2n) is 15.1. The molecule has 2 heteroatoms. The van der Waals surface area contributed by atoms with Gasteiger partial charge in [0.2, 0.25) is 0 Å². The van der Waals surface area contributed by atoms with Gasteiger partial charge < -0.3 is 9.13 Å². The molecule has 2 aromatic heterocycles. The number of aryl methyl sites for hydroxylation is 2. The van der Waals surface area contributed by atoms with E-state index in [0.29, 0.717) is 0 Å². The Morgan fingerprint density at radius 1 is 0.491 bits per heavy atom. The van der Waals surface area contributed by atoms with E-state index in [1.165, 1.54) is 99.5 Å². The van der Waals surface area contributed by atoms with Gasteiger partial charge in [0.25, 0.3) is 0 Å². The van der Waals surface area contributed by atoms with Crippen LogP contribution in [0.1, 0.15) is 68.5 Å². The van der Waals surface area contributed by atoms with Crippen LogP contribution in [0, 0.1) is 13.8 Å². The van der Waals surface area contributed by atoms with Crippen LogP contribution in [-0.4, -0.2) is 9.13 Å². The van der Waals surface area contributed by atoms with Gasteiger partial charge in [0, 0.05) is 22.5 Å². The number of benzene rings is 4. The number of hydrogen-bond acceptors (Lipinski definition) is 0. The highest BCUT2D eigenvalue weighted by Crippen LogP contribution is 2.58. The van der Waals surface area contributed by atoms with E-state index in [1.807, 2.05) is 0 Å². The molecule has 0 bridgehead atoms. The van der Waals surface area contributed by atoms with E-state index in [1.54, 1.807) is 0 Å². The summed E-state index contributed by atoms with van der Waals surface area (Å²) in [6.07, 6.45) is 31.5. The molecular formula is C51H40N2. The maximum absolute atomic E-state index is 2.53. The average molecular weight is 681 g/mol. The van der Waals surface area contributed by atoms with Crippen LogP contribution in [0.4, 0.5) is 0 Å². The standard InChI is InChI=1S/C51H40N2/c1-33-15-3-9-21-43(33)51(44-22-10-4-16-34(44)2)45-31-35(52-47-23-11-5-17-39(47)40-18-6-12-24-48(40)52)27-29-37(45)38-30-28-36(32-46(38)51)53-49-25-13-7-19-41(49)42-20-8-14-26-50(42)53/h3-11,13,15-16,18,20-32H,12,14,17,19H2,1-2H3. The summed E-state index contributed by atoms with van der Waals surface area (Å²) in [5, 5.41) is 5.22. The topological polar surface area (TPSA) is 9.86 Å². The summed E-state index contributed by atoms with van der Waals surface area (Å²) in [6.45, 7) is 4.59. The number of fused-ring (bicyclic) bond motifs is 9. The molecule has 0 saturated heterocycles. The van der Waals surface area contributed by atoms with Gasteiger partial charge in [-0.2, -0.15) is 0 Å². The van der Waals surface area contributed by atoms with Crippen molar-refractivity contribution in [3.63, 3.8) is 0 Å². The van der Waals surface area contributed by atoms with Crippen LogP contribution in [-0.2, 0) is 18.3 Å². The summed E-state index contributed by atoms with van der Waals surface area (Å²) in [6, 6.07) is 32.8. The first-order chi connectivity index (χ1) is 26.1. The van der Waals surface area contributed by atoms with E-state index in [0.717, 1.165) is 25.7 Å². The van der Waals surface area contributed by atoms with E-state index in [2.05, 4.69) is 181 Å². The first-order valence-corrected chi connectivity index (χ1v) is 19.1. The normalized spacial score (nSPS) is 16.3. The lowest BCUT2D eigenvalue weighted by atomic mass is 9.65. The van der Waals surface area contributed by atoms with E-state index >= 15 is 0 Å². The van der Waals surface area contributed by atoms with Crippen LogP contribution >= 0.6 is 0 Å². The molecule has 11 rings (SSSR count). The third-order valence-corrected chi connectivity index (χ3v) is 12.4. The summed E-state index contributed by atoms with van der Waals surface area (Å²) < 4.78 is 5.05. The van der Waals surface area contributed by atoms with Crippen molar-refractivity contribution in [3.05, 3.63) is 198 Å². The molecule has 0 unspecified atom stereocenters. The fourth-order valence-corrected chi connectivity index (χ4v) is 10.2. The molecular weight excluding hydrogens is 641 g/mol. The second-order valence-corrected chi connectivity index (χ2v) is 15.1. The summed E-state index contributed by atoms with van der Waals surface area (Å²) in [7, 11) is 0. The Balaban J connectivity index is 1.26. The quantitative estimate of drug-likeness (QED) is 0.177. The van der Waals surface area contributed by atoms with E-state index in [4.69, 9.17) is 0 Å². The van der Waals surface area contributed by atoms with Crippen molar-refractivity contribution in [1.29, 1.82) is 0 Å². The molecule has 5 aliphatic carbocycles. The average Bonchev–Trinajstić information content (AvgIpc) is 3.82. The lowest BCUT2D eigenvalue weighted by molar-refractivity contribution is 0.750. The monoisotopic (exact) mass is 680 g/mol. The van der Waals surface area contributed by atoms with Gasteiger partial charge in [-0.25, -0.2) is 0 Å². The summed E-state index contributed by atoms with van der Waals surface area (Å²) in [4.78, 5) is 0. The zero-order valence-corrected chi connectivity index (χ0v) is 30.2. The van der Waals surface area contributed by atoms with Crippen molar-refractivity contribution in [2.75, 3.05) is 0 Å². The minimum Gasteiger partial charge on any atom is -0.310 e. The Morgan fingerprint density at radius 3 is 1.43 bits per heavy atom. The van der Waals surface area contributed by atoms with Gasteiger partial charge in [0.05, 0.1) is 26.8 Å². The molecule has 0 fully saturated rings. The van der Waals surface area contributed by atoms with Crippen LogP contribution < -0.4 is 21.4 Å². The van der Waals surface area contributed by atoms with Crippen molar-refractivity contribution < 1.29 is 0 Å². The van der Waals surface area contributed by atoms with Crippen molar-refractivity contribution in [2.45, 2.75) is 44.9 Å². The first-order valence-electron chi connectivity index (χ1n) is 19.1. The van der Waals surface area contributed by atoms with Gasteiger partial charge in [-0.05, 0) is 132 Å². The molecule has 0 saturated carbocycles. The van der Waals surface area contributed by atoms with Crippen LogP contribution in [0.15, 0.2) is 121 Å². The lowest BCUT2D eigenvalue weighted by Crippen LogP contribution is -2.32. The fourth-order valence-electron chi connectivity index (χ4n) is 10.2. The molecule has 2 nitrogen and oxygen atoms in total. The molecule has 0 aliphatic heterocycles. The van der Waals surface area contributed by atoms with E-state index in [-0.39, 0.29) is 0 Å². The van der Waals surface area contributed by atoms with Gasteiger partial charge >= 0.3 is 0 Å². The number of hydrogen-bond donors (Lipinski definition) is 0. The van der Waals surface area contributed by atoms with Crippen molar-refractivity contribution >= 4 is 36.5 Å². The van der Waals surface area contributed by atoms with E-state index in [9.17, 15) is 0 Å². The van der Waals surface area contributed by atoms with Gasteiger partial charge in [-0.15, -0.1) is 0 Å². The zero-order chi connectivity index (χ0) is 35.3. The van der Waals surface area contributed by atoms with Gasteiger partial charge in [-0.1, -0.05) is 121 Å². The van der Waals surface area contributed by atoms with Crippen LogP contribution in [0.2, 0.25) is 0 Å². The predicted molar refractivity (Wildman–Crippen MR) is 221 cm³/mol. The summed E-state index contributed by atoms with van der Waals surface area (Å²) in [5.74, 6) is 0. The number of aromatic nitrogens is 2. The lowest BCUT2D eigenvalue weighted by Gasteiger charge is -2.36. The number of allylic oxidation sites excluding steroid dienone is 6.